The van der Waals surface area contributed by atoms with Crippen LogP contribution in [-0.2, 0) is 26.0 Å². The molecule has 142 valence electrons. The number of nitrogens with one attached hydrogen (secondary N) is 1. The summed E-state index contributed by atoms with van der Waals surface area (Å²) in [4.78, 5) is 11.8. The Morgan fingerprint density at radius 3 is 2.52 bits per heavy atom. The molecule has 2 rings (SSSR count). The van der Waals surface area contributed by atoms with Gasteiger partial charge in [0.05, 0.1) is 31.4 Å². The van der Waals surface area contributed by atoms with E-state index in [1.807, 2.05) is 24.3 Å². The van der Waals surface area contributed by atoms with E-state index in [0.29, 0.717) is 24.1 Å². The van der Waals surface area contributed by atoms with Crippen LogP contribution in [0.4, 0.5) is 5.69 Å². The van der Waals surface area contributed by atoms with E-state index in [9.17, 15) is 13.2 Å². The van der Waals surface area contributed by atoms with Gasteiger partial charge in [-0.1, -0.05) is 24.3 Å². The maximum absolute atomic E-state index is 11.8. The molecule has 7 heteroatoms. The number of esters is 1. The maximum Gasteiger partial charge on any atom is 0.306 e. The highest BCUT2D eigenvalue weighted by molar-refractivity contribution is 7.92. The third-order valence-electron chi connectivity index (χ3n) is 4.17. The Labute approximate surface area is 159 Å². The molecule has 0 saturated carbocycles. The van der Waals surface area contributed by atoms with E-state index in [1.165, 1.54) is 7.11 Å². The lowest BCUT2D eigenvalue weighted by Crippen LogP contribution is -2.10. The minimum Gasteiger partial charge on any atom is -0.469 e. The molecule has 0 aliphatic carbocycles. The topological polar surface area (TPSA) is 96.3 Å². The summed E-state index contributed by atoms with van der Waals surface area (Å²) >= 11 is 0. The van der Waals surface area contributed by atoms with E-state index in [0.717, 1.165) is 17.4 Å². The van der Waals surface area contributed by atoms with Crippen LogP contribution < -0.4 is 4.72 Å². The molecule has 6 nitrogen and oxygen atoms in total. The zero-order valence-electron chi connectivity index (χ0n) is 15.3. The van der Waals surface area contributed by atoms with Crippen molar-refractivity contribution in [2.24, 2.45) is 0 Å². The SMILES string of the molecule is COC(=O)CC(CCc1ccc(NS(C)(=O)=O)cc1)c1cccc(C#N)c1. The summed E-state index contributed by atoms with van der Waals surface area (Å²) in [5.74, 6) is -0.366. The first-order valence-corrected chi connectivity index (χ1v) is 10.3. The number of benzene rings is 2. The molecule has 1 unspecified atom stereocenters. The lowest BCUT2D eigenvalue weighted by atomic mass is 9.89. The van der Waals surface area contributed by atoms with Gasteiger partial charge >= 0.3 is 5.97 Å². The van der Waals surface area contributed by atoms with Crippen molar-refractivity contribution in [1.82, 2.24) is 0 Å². The molecule has 0 bridgehead atoms. The van der Waals surface area contributed by atoms with Crippen LogP contribution in [0.5, 0.6) is 0 Å². The Morgan fingerprint density at radius 2 is 1.93 bits per heavy atom. The number of methoxy groups -OCH3 is 1. The van der Waals surface area contributed by atoms with Crippen molar-refractivity contribution in [2.75, 3.05) is 18.1 Å². The number of hydrogen-bond donors (Lipinski definition) is 1. The van der Waals surface area contributed by atoms with Gasteiger partial charge in [0.1, 0.15) is 0 Å². The van der Waals surface area contributed by atoms with Crippen LogP contribution in [0.15, 0.2) is 48.5 Å². The predicted octanol–water partition coefficient (Wildman–Crippen LogP) is 3.21. The van der Waals surface area contributed by atoms with Gasteiger partial charge in [0.2, 0.25) is 10.0 Å². The van der Waals surface area contributed by atoms with Crippen molar-refractivity contribution in [1.29, 1.82) is 5.26 Å². The van der Waals surface area contributed by atoms with Gasteiger partial charge < -0.3 is 4.74 Å². The second-order valence-electron chi connectivity index (χ2n) is 6.32. The number of nitriles is 1. The van der Waals surface area contributed by atoms with Crippen LogP contribution >= 0.6 is 0 Å². The van der Waals surface area contributed by atoms with Crippen LogP contribution in [-0.4, -0.2) is 27.8 Å². The van der Waals surface area contributed by atoms with Gasteiger partial charge in [-0.05, 0) is 54.2 Å². The van der Waals surface area contributed by atoms with Crippen molar-refractivity contribution in [3.05, 3.63) is 65.2 Å². The first-order valence-electron chi connectivity index (χ1n) is 8.44. The molecule has 0 aliphatic heterocycles. The summed E-state index contributed by atoms with van der Waals surface area (Å²) in [6.07, 6.45) is 2.74. The van der Waals surface area contributed by atoms with E-state index < -0.39 is 10.0 Å². The summed E-state index contributed by atoms with van der Waals surface area (Å²) in [6.45, 7) is 0. The summed E-state index contributed by atoms with van der Waals surface area (Å²) in [5, 5.41) is 9.10. The summed E-state index contributed by atoms with van der Waals surface area (Å²) in [7, 11) is -1.94. The molecule has 2 aromatic carbocycles. The average Bonchev–Trinajstić information content (AvgIpc) is 2.64. The van der Waals surface area contributed by atoms with Gasteiger partial charge in [0, 0.05) is 5.69 Å². The second kappa shape index (κ2) is 9.19. The Bertz CT molecular complexity index is 931. The molecule has 0 spiro atoms. The Balaban J connectivity index is 2.11. The van der Waals surface area contributed by atoms with Gasteiger partial charge in [-0.15, -0.1) is 0 Å². The highest BCUT2D eigenvalue weighted by Crippen LogP contribution is 2.27. The molecule has 1 atom stereocenters. The van der Waals surface area contributed by atoms with Crippen LogP contribution in [0.2, 0.25) is 0 Å². The van der Waals surface area contributed by atoms with E-state index in [4.69, 9.17) is 10.00 Å². The van der Waals surface area contributed by atoms with Crippen molar-refractivity contribution in [3.63, 3.8) is 0 Å². The number of nitrogens with zero attached hydrogens (tertiary/aromatic N) is 1. The van der Waals surface area contributed by atoms with Gasteiger partial charge in [-0.3, -0.25) is 9.52 Å². The summed E-state index contributed by atoms with van der Waals surface area (Å²) < 4.78 is 29.8. The molecule has 27 heavy (non-hydrogen) atoms. The molecule has 1 N–H and O–H groups in total. The number of hydrogen-bond acceptors (Lipinski definition) is 5. The normalized spacial score (nSPS) is 12.0. The number of carbonyl (C=O) groups is 1. The molecular formula is C20H22N2O4S. The molecule has 0 saturated heterocycles. The van der Waals surface area contributed by atoms with E-state index >= 15 is 0 Å². The molecule has 0 fully saturated rings. The van der Waals surface area contributed by atoms with Crippen LogP contribution in [0, 0.1) is 11.3 Å². The monoisotopic (exact) mass is 386 g/mol. The van der Waals surface area contributed by atoms with Gasteiger partial charge in [-0.2, -0.15) is 5.26 Å². The molecule has 0 amide bonds. The second-order valence-corrected chi connectivity index (χ2v) is 8.07. The van der Waals surface area contributed by atoms with E-state index in [1.54, 1.807) is 24.3 Å². The van der Waals surface area contributed by atoms with Crippen molar-refractivity contribution in [3.8, 4) is 6.07 Å². The highest BCUT2D eigenvalue weighted by atomic mass is 32.2. The number of rotatable bonds is 8. The maximum atomic E-state index is 11.8. The molecule has 2 aromatic rings. The number of ether oxygens (including phenoxy) is 1. The van der Waals surface area contributed by atoms with Crippen LogP contribution in [0.1, 0.15) is 35.4 Å². The van der Waals surface area contributed by atoms with Crippen LogP contribution in [0.3, 0.4) is 0 Å². The van der Waals surface area contributed by atoms with Gasteiger partial charge in [-0.25, -0.2) is 8.42 Å². The average molecular weight is 386 g/mol. The zero-order valence-corrected chi connectivity index (χ0v) is 16.1. The fourth-order valence-electron chi connectivity index (χ4n) is 2.83. The van der Waals surface area contributed by atoms with Gasteiger partial charge in [0.15, 0.2) is 0 Å². The van der Waals surface area contributed by atoms with E-state index in [-0.39, 0.29) is 18.3 Å². The largest absolute Gasteiger partial charge is 0.469 e. The number of anilines is 1. The van der Waals surface area contributed by atoms with Crippen LogP contribution in [0.25, 0.3) is 0 Å². The lowest BCUT2D eigenvalue weighted by molar-refractivity contribution is -0.141. The standard InChI is InChI=1S/C20H22N2O4S/c1-26-20(23)13-18(17-5-3-4-16(12-17)14-21)9-6-15-7-10-19(11-8-15)22-27(2,24)25/h3-5,7-8,10-12,18,22H,6,9,13H2,1-2H3. The molecular weight excluding hydrogens is 364 g/mol. The first-order chi connectivity index (χ1) is 12.8. The number of sulfonamides is 1. The van der Waals surface area contributed by atoms with Gasteiger partial charge in [0.25, 0.3) is 0 Å². The van der Waals surface area contributed by atoms with Crippen molar-refractivity contribution < 1.29 is 17.9 Å². The minimum absolute atomic E-state index is 0.0698. The molecule has 0 aliphatic rings. The third kappa shape index (κ3) is 6.76. The quantitative estimate of drug-likeness (QED) is 0.703. The number of carbonyl (C=O) groups excluding carboxylic acids is 1. The smallest absolute Gasteiger partial charge is 0.306 e. The van der Waals surface area contributed by atoms with E-state index in [2.05, 4.69) is 10.8 Å². The fourth-order valence-corrected chi connectivity index (χ4v) is 3.39. The summed E-state index contributed by atoms with van der Waals surface area (Å²) in [5.41, 5.74) is 3.02. The zero-order chi connectivity index (χ0) is 19.9. The number of aryl methyl sites for hydroxylation is 1. The Morgan fingerprint density at radius 1 is 1.22 bits per heavy atom. The van der Waals surface area contributed by atoms with Crippen molar-refractivity contribution in [2.45, 2.75) is 25.2 Å². The van der Waals surface area contributed by atoms with Crippen molar-refractivity contribution >= 4 is 21.7 Å². The predicted molar refractivity (Wildman–Crippen MR) is 104 cm³/mol. The molecule has 0 heterocycles. The Hall–Kier alpha value is -2.85. The lowest BCUT2D eigenvalue weighted by Gasteiger charge is -2.17. The Kier molecular flexibility index (Phi) is 6.97. The summed E-state index contributed by atoms with van der Waals surface area (Å²) in [6, 6.07) is 16.5. The molecule has 0 aromatic heterocycles. The first kappa shape index (κ1) is 20.5. The minimum atomic E-state index is -3.30. The fraction of sp³-hybridized carbons (Fsp3) is 0.300. The third-order valence-corrected chi connectivity index (χ3v) is 4.77. The molecule has 0 radical (unpaired) electrons. The highest BCUT2D eigenvalue weighted by Gasteiger charge is 2.17.